The maximum Gasteiger partial charge on any atom is 0.166 e. The van der Waals surface area contributed by atoms with Crippen molar-refractivity contribution >= 4 is 5.78 Å². The van der Waals surface area contributed by atoms with Crippen LogP contribution in [0.15, 0.2) is 30.3 Å². The van der Waals surface area contributed by atoms with Gasteiger partial charge in [-0.3, -0.25) is 4.79 Å². The molecule has 2 aliphatic carbocycles. The summed E-state index contributed by atoms with van der Waals surface area (Å²) in [7, 11) is 0. The van der Waals surface area contributed by atoms with Crippen LogP contribution in [0.4, 0.5) is 0 Å². The van der Waals surface area contributed by atoms with Gasteiger partial charge in [-0.25, -0.2) is 0 Å². The van der Waals surface area contributed by atoms with Gasteiger partial charge in [-0.05, 0) is 31.1 Å². The summed E-state index contributed by atoms with van der Waals surface area (Å²) in [4.78, 5) is 12.8. The van der Waals surface area contributed by atoms with E-state index >= 15 is 0 Å². The van der Waals surface area contributed by atoms with Crippen LogP contribution in [-0.4, -0.2) is 19.0 Å². The summed E-state index contributed by atoms with van der Waals surface area (Å²) in [6.45, 7) is 1.79. The molecule has 0 radical (unpaired) electrons. The second-order valence-corrected chi connectivity index (χ2v) is 6.52. The highest BCUT2D eigenvalue weighted by molar-refractivity contribution is 5.98. The predicted molar refractivity (Wildman–Crippen MR) is 73.0 cm³/mol. The van der Waals surface area contributed by atoms with Gasteiger partial charge in [-0.15, -0.1) is 0 Å². The largest absolute Gasteiger partial charge is 0.381 e. The highest BCUT2D eigenvalue weighted by Crippen LogP contribution is 2.62. The fourth-order valence-electron chi connectivity index (χ4n) is 4.97. The van der Waals surface area contributed by atoms with Gasteiger partial charge in [0, 0.05) is 16.9 Å². The maximum absolute atomic E-state index is 12.8. The van der Waals surface area contributed by atoms with Gasteiger partial charge in [0.05, 0.1) is 13.2 Å². The molecule has 0 bridgehead atoms. The lowest BCUT2D eigenvalue weighted by Gasteiger charge is -2.28. The quantitative estimate of drug-likeness (QED) is 0.759. The SMILES string of the molecule is O=C(c1ccccc1)[C@H]1C[C@H]2COC[C@]23CCC[C@H]13. The molecule has 0 aromatic heterocycles. The molecule has 2 nitrogen and oxygen atoms in total. The van der Waals surface area contributed by atoms with E-state index in [-0.39, 0.29) is 5.92 Å². The summed E-state index contributed by atoms with van der Waals surface area (Å²) in [5.74, 6) is 1.84. The molecule has 0 amide bonds. The first kappa shape index (κ1) is 11.7. The van der Waals surface area contributed by atoms with E-state index in [1.54, 1.807) is 0 Å². The molecule has 1 aliphatic heterocycles. The molecule has 2 saturated carbocycles. The van der Waals surface area contributed by atoms with Crippen molar-refractivity contribution in [2.45, 2.75) is 25.7 Å². The van der Waals surface area contributed by atoms with Crippen LogP contribution in [0.5, 0.6) is 0 Å². The Morgan fingerprint density at radius 1 is 1.26 bits per heavy atom. The topological polar surface area (TPSA) is 26.3 Å². The number of ketones is 1. The maximum atomic E-state index is 12.8. The Labute approximate surface area is 114 Å². The molecule has 1 aromatic carbocycles. The first-order valence-electron chi connectivity index (χ1n) is 7.48. The first-order chi connectivity index (χ1) is 9.31. The van der Waals surface area contributed by atoms with Gasteiger partial charge in [0.2, 0.25) is 0 Å². The van der Waals surface area contributed by atoms with Crippen molar-refractivity contribution in [3.8, 4) is 0 Å². The highest BCUT2D eigenvalue weighted by Gasteiger charge is 2.60. The smallest absolute Gasteiger partial charge is 0.166 e. The van der Waals surface area contributed by atoms with Gasteiger partial charge < -0.3 is 4.74 Å². The summed E-state index contributed by atoms with van der Waals surface area (Å²) < 4.78 is 5.74. The van der Waals surface area contributed by atoms with Crippen LogP contribution in [0, 0.1) is 23.2 Å². The molecule has 0 unspecified atom stereocenters. The molecular formula is C17H20O2. The molecule has 1 spiro atoms. The van der Waals surface area contributed by atoms with Crippen LogP contribution in [0.1, 0.15) is 36.0 Å². The van der Waals surface area contributed by atoms with Crippen LogP contribution in [0.25, 0.3) is 0 Å². The van der Waals surface area contributed by atoms with E-state index < -0.39 is 0 Å². The van der Waals surface area contributed by atoms with Crippen molar-refractivity contribution in [3.05, 3.63) is 35.9 Å². The standard InChI is InChI=1S/C17H20O2/c18-16(12-5-2-1-3-6-12)14-9-13-10-19-11-17(13)8-4-7-15(14)17/h1-3,5-6,13-15H,4,7-11H2/t13-,14-,15+,17+/m0/s1. The van der Waals surface area contributed by atoms with Crippen molar-refractivity contribution < 1.29 is 9.53 Å². The minimum atomic E-state index is 0.249. The Balaban J connectivity index is 1.65. The zero-order chi connectivity index (χ0) is 12.9. The number of ether oxygens (including phenoxy) is 1. The molecule has 2 heteroatoms. The molecule has 0 N–H and O–H groups in total. The van der Waals surface area contributed by atoms with E-state index in [4.69, 9.17) is 4.74 Å². The van der Waals surface area contributed by atoms with Gasteiger partial charge in [0.15, 0.2) is 5.78 Å². The number of benzene rings is 1. The normalized spacial score (nSPS) is 40.1. The molecule has 19 heavy (non-hydrogen) atoms. The molecular weight excluding hydrogens is 236 g/mol. The van der Waals surface area contributed by atoms with Crippen LogP contribution in [0.3, 0.4) is 0 Å². The highest BCUT2D eigenvalue weighted by atomic mass is 16.5. The number of Topliss-reactive ketones (excluding diaryl/α,β-unsaturated/α-hetero) is 1. The third-order valence-corrected chi connectivity index (χ3v) is 5.82. The number of carbonyl (C=O) groups excluding carboxylic acids is 1. The van der Waals surface area contributed by atoms with E-state index in [0.29, 0.717) is 23.0 Å². The molecule has 100 valence electrons. The average Bonchev–Trinajstić information content (AvgIpc) is 3.09. The van der Waals surface area contributed by atoms with Gasteiger partial charge in [0.25, 0.3) is 0 Å². The van der Waals surface area contributed by atoms with Gasteiger partial charge in [-0.2, -0.15) is 0 Å². The lowest BCUT2D eigenvalue weighted by atomic mass is 9.74. The number of hydrogen-bond donors (Lipinski definition) is 0. The second-order valence-electron chi connectivity index (χ2n) is 6.52. The van der Waals surface area contributed by atoms with Gasteiger partial charge in [-0.1, -0.05) is 36.8 Å². The lowest BCUT2D eigenvalue weighted by Crippen LogP contribution is -2.30. The van der Waals surface area contributed by atoms with Crippen molar-refractivity contribution in [1.29, 1.82) is 0 Å². The third-order valence-electron chi connectivity index (χ3n) is 5.82. The average molecular weight is 256 g/mol. The van der Waals surface area contributed by atoms with Crippen molar-refractivity contribution in [2.75, 3.05) is 13.2 Å². The summed E-state index contributed by atoms with van der Waals surface area (Å²) in [6.07, 6.45) is 4.84. The fraction of sp³-hybridized carbons (Fsp3) is 0.588. The van der Waals surface area contributed by atoms with Crippen molar-refractivity contribution in [2.24, 2.45) is 23.2 Å². The van der Waals surface area contributed by atoms with Crippen LogP contribution in [0.2, 0.25) is 0 Å². The van der Waals surface area contributed by atoms with Crippen molar-refractivity contribution in [1.82, 2.24) is 0 Å². The predicted octanol–water partition coefficient (Wildman–Crippen LogP) is 3.32. The van der Waals surface area contributed by atoms with Crippen molar-refractivity contribution in [3.63, 3.8) is 0 Å². The fourth-order valence-corrected chi connectivity index (χ4v) is 4.97. The number of hydrogen-bond acceptors (Lipinski definition) is 2. The Morgan fingerprint density at radius 3 is 2.95 bits per heavy atom. The monoisotopic (exact) mass is 256 g/mol. The van der Waals surface area contributed by atoms with E-state index in [9.17, 15) is 4.79 Å². The van der Waals surface area contributed by atoms with E-state index in [2.05, 4.69) is 0 Å². The molecule has 4 rings (SSSR count). The molecule has 1 saturated heterocycles. The van der Waals surface area contributed by atoms with Crippen LogP contribution < -0.4 is 0 Å². The lowest BCUT2D eigenvalue weighted by molar-refractivity contribution is 0.0788. The second kappa shape index (κ2) is 4.17. The van der Waals surface area contributed by atoms with Crippen LogP contribution in [-0.2, 0) is 4.74 Å². The zero-order valence-corrected chi connectivity index (χ0v) is 11.2. The number of carbonyl (C=O) groups is 1. The van der Waals surface area contributed by atoms with E-state index in [1.165, 1.54) is 19.3 Å². The number of rotatable bonds is 2. The van der Waals surface area contributed by atoms with Crippen LogP contribution >= 0.6 is 0 Å². The van der Waals surface area contributed by atoms with Gasteiger partial charge in [0.1, 0.15) is 0 Å². The molecule has 1 aromatic rings. The third kappa shape index (κ3) is 1.56. The molecule has 1 heterocycles. The summed E-state index contributed by atoms with van der Waals surface area (Å²) in [6, 6.07) is 9.85. The molecule has 3 aliphatic rings. The minimum absolute atomic E-state index is 0.249. The first-order valence-corrected chi connectivity index (χ1v) is 7.48. The Morgan fingerprint density at radius 2 is 2.11 bits per heavy atom. The Kier molecular flexibility index (Phi) is 2.56. The molecule has 3 fully saturated rings. The Bertz CT molecular complexity index is 491. The summed E-state index contributed by atoms with van der Waals surface area (Å²) in [5, 5.41) is 0. The molecule has 4 atom stereocenters. The van der Waals surface area contributed by atoms with Gasteiger partial charge >= 0.3 is 0 Å². The van der Waals surface area contributed by atoms with E-state index in [0.717, 1.165) is 25.2 Å². The summed E-state index contributed by atoms with van der Waals surface area (Å²) >= 11 is 0. The summed E-state index contributed by atoms with van der Waals surface area (Å²) in [5.41, 5.74) is 1.25. The Hall–Kier alpha value is -1.15. The van der Waals surface area contributed by atoms with E-state index in [1.807, 2.05) is 30.3 Å². The minimum Gasteiger partial charge on any atom is -0.381 e. The zero-order valence-electron chi connectivity index (χ0n) is 11.2.